The van der Waals surface area contributed by atoms with E-state index in [9.17, 15) is 9.59 Å². The van der Waals surface area contributed by atoms with Gasteiger partial charge in [-0.15, -0.1) is 0 Å². The number of carbonyl (C=O) groups excluding carboxylic acids is 2. The molecule has 7 nitrogen and oxygen atoms in total. The third-order valence-corrected chi connectivity index (χ3v) is 9.10. The number of para-hydroxylation sites is 1. The fraction of sp³-hybridized carbons (Fsp3) is 0.463. The van der Waals surface area contributed by atoms with Crippen LogP contribution in [0.15, 0.2) is 90.3 Å². The number of hydrogen-bond donors (Lipinski definition) is 1. The molecule has 2 aromatic carbocycles. The molecular formula is C41H54N4O3. The molecular weight excluding hydrogens is 596 g/mol. The quantitative estimate of drug-likeness (QED) is 0.309. The summed E-state index contributed by atoms with van der Waals surface area (Å²) in [6.07, 6.45) is 16.5. The maximum absolute atomic E-state index is 14.0. The Balaban J connectivity index is 0.000000578. The Labute approximate surface area is 288 Å². The Morgan fingerprint density at radius 3 is 2.29 bits per heavy atom. The lowest BCUT2D eigenvalue weighted by Gasteiger charge is -2.38. The molecule has 0 aromatic heterocycles. The predicted molar refractivity (Wildman–Crippen MR) is 196 cm³/mol. The number of rotatable bonds is 7. The summed E-state index contributed by atoms with van der Waals surface area (Å²) in [7, 11) is 0. The van der Waals surface area contributed by atoms with Crippen LogP contribution in [0, 0.1) is 12.0 Å². The molecule has 2 amide bonds. The average molecular weight is 651 g/mol. The first-order valence-electron chi connectivity index (χ1n) is 17.9. The number of aryl methyl sites for hydroxylation is 1. The van der Waals surface area contributed by atoms with Crippen LogP contribution in [-0.4, -0.2) is 64.8 Å². The molecule has 1 aliphatic carbocycles. The van der Waals surface area contributed by atoms with Crippen molar-refractivity contribution in [3.8, 4) is 17.7 Å². The van der Waals surface area contributed by atoms with E-state index in [1.165, 1.54) is 6.42 Å². The van der Waals surface area contributed by atoms with Crippen LogP contribution in [0.4, 0.5) is 5.69 Å². The second-order valence-electron chi connectivity index (χ2n) is 12.3. The largest absolute Gasteiger partial charge is 0.478 e. The number of likely N-dealkylation sites (tertiary alicyclic amines) is 1. The number of allylic oxidation sites excluding steroid dienone is 2. The van der Waals surface area contributed by atoms with Gasteiger partial charge in [0, 0.05) is 43.6 Å². The normalized spacial score (nSPS) is 19.2. The summed E-state index contributed by atoms with van der Waals surface area (Å²) in [6.45, 7) is 10.2. The van der Waals surface area contributed by atoms with Gasteiger partial charge in [-0.2, -0.15) is 0 Å². The highest BCUT2D eigenvalue weighted by atomic mass is 16.5. The van der Waals surface area contributed by atoms with Crippen molar-refractivity contribution in [3.05, 3.63) is 95.9 Å². The summed E-state index contributed by atoms with van der Waals surface area (Å²) in [6, 6.07) is 21.3. The molecule has 1 N–H and O–H groups in total. The Morgan fingerprint density at radius 2 is 1.65 bits per heavy atom. The fourth-order valence-electron chi connectivity index (χ4n) is 6.60. The van der Waals surface area contributed by atoms with Gasteiger partial charge in [-0.3, -0.25) is 14.5 Å². The number of hydrogen-bond acceptors (Lipinski definition) is 5. The van der Waals surface area contributed by atoms with E-state index >= 15 is 0 Å². The third-order valence-electron chi connectivity index (χ3n) is 9.10. The Bertz CT molecular complexity index is 1450. The fourth-order valence-corrected chi connectivity index (χ4v) is 6.60. The van der Waals surface area contributed by atoms with Crippen LogP contribution < -0.4 is 10.1 Å². The number of ether oxygens (including phenoxy) is 1. The van der Waals surface area contributed by atoms with Crippen molar-refractivity contribution in [2.75, 3.05) is 31.5 Å². The summed E-state index contributed by atoms with van der Waals surface area (Å²) in [5, 5.41) is 3.54. The highest BCUT2D eigenvalue weighted by Crippen LogP contribution is 2.36. The molecule has 256 valence electrons. The number of nitrogens with zero attached hydrogens (tertiary/aromatic N) is 3. The molecule has 1 atom stereocenters. The van der Waals surface area contributed by atoms with E-state index in [0.29, 0.717) is 13.0 Å². The van der Waals surface area contributed by atoms with Gasteiger partial charge >= 0.3 is 0 Å². The third kappa shape index (κ3) is 10.0. The van der Waals surface area contributed by atoms with Crippen LogP contribution in [0.5, 0.6) is 5.75 Å². The zero-order valence-corrected chi connectivity index (χ0v) is 29.4. The second-order valence-corrected chi connectivity index (χ2v) is 12.3. The summed E-state index contributed by atoms with van der Waals surface area (Å²) in [5.41, 5.74) is 4.17. The number of fused-ring (bicyclic) bond motifs is 1. The first-order chi connectivity index (χ1) is 23.6. The van der Waals surface area contributed by atoms with Crippen molar-refractivity contribution in [1.29, 1.82) is 0 Å². The van der Waals surface area contributed by atoms with E-state index in [0.717, 1.165) is 86.3 Å². The van der Waals surface area contributed by atoms with Gasteiger partial charge in [0.1, 0.15) is 12.3 Å². The molecule has 0 radical (unpaired) electrons. The summed E-state index contributed by atoms with van der Waals surface area (Å²) in [4.78, 5) is 32.8. The summed E-state index contributed by atoms with van der Waals surface area (Å²) >= 11 is 0. The van der Waals surface area contributed by atoms with Crippen LogP contribution in [0.2, 0.25) is 0 Å². The lowest BCUT2D eigenvalue weighted by atomic mass is 9.93. The second kappa shape index (κ2) is 19.4. The lowest BCUT2D eigenvalue weighted by Crippen LogP contribution is -2.52. The van der Waals surface area contributed by atoms with Gasteiger partial charge in [0.15, 0.2) is 6.10 Å². The minimum Gasteiger partial charge on any atom is -0.478 e. The zero-order chi connectivity index (χ0) is 34.1. The molecule has 2 fully saturated rings. The standard InChI is InChI=1S/C33H42N4O3.C6H6.C2H6/c1-3-18-35-21-17-25(22-27(35)4-2)23-34-29-14-10-11-26-15-16-30(40-32(26)29)33(39)37(28-12-6-5-7-13-28)24-31(38)36-19-8-9-20-36;1-2-4-6-5-3-1;1-2/h4,10-11,14,17,21-22,28,30,34H,5-9,12-13,15-16,19-20,23-24H2,1-2H3;1-6H;1-2H3/b27-4-;;. The van der Waals surface area contributed by atoms with Gasteiger partial charge in [-0.1, -0.05) is 93.6 Å². The lowest BCUT2D eigenvalue weighted by molar-refractivity contribution is -0.148. The van der Waals surface area contributed by atoms with Crippen molar-refractivity contribution >= 4 is 17.5 Å². The van der Waals surface area contributed by atoms with E-state index < -0.39 is 6.10 Å². The van der Waals surface area contributed by atoms with Crippen molar-refractivity contribution < 1.29 is 14.3 Å². The number of benzene rings is 2. The number of anilines is 1. The molecule has 4 aliphatic rings. The van der Waals surface area contributed by atoms with Crippen molar-refractivity contribution in [2.24, 2.45) is 0 Å². The van der Waals surface area contributed by atoms with E-state index in [1.807, 2.05) is 103 Å². The highest BCUT2D eigenvalue weighted by molar-refractivity contribution is 5.88. The van der Waals surface area contributed by atoms with Gasteiger partial charge in [0.2, 0.25) is 5.91 Å². The number of nitrogens with one attached hydrogen (secondary N) is 1. The van der Waals surface area contributed by atoms with E-state index in [2.05, 4.69) is 35.5 Å². The molecule has 3 aliphatic heterocycles. The summed E-state index contributed by atoms with van der Waals surface area (Å²) < 4.78 is 6.48. The van der Waals surface area contributed by atoms with Gasteiger partial charge in [-0.05, 0) is 81.7 Å². The minimum atomic E-state index is -0.576. The van der Waals surface area contributed by atoms with Crippen LogP contribution in [0.25, 0.3) is 0 Å². The minimum absolute atomic E-state index is 0.0346. The molecule has 48 heavy (non-hydrogen) atoms. The predicted octanol–water partition coefficient (Wildman–Crippen LogP) is 7.93. The molecule has 1 saturated carbocycles. The average Bonchev–Trinajstić information content (AvgIpc) is 3.71. The van der Waals surface area contributed by atoms with E-state index in [1.54, 1.807) is 0 Å². The topological polar surface area (TPSA) is 65.1 Å². The zero-order valence-electron chi connectivity index (χ0n) is 29.4. The van der Waals surface area contributed by atoms with Gasteiger partial charge in [-0.25, -0.2) is 0 Å². The van der Waals surface area contributed by atoms with Crippen molar-refractivity contribution in [2.45, 2.75) is 97.6 Å². The smallest absolute Gasteiger partial charge is 0.264 e. The number of amides is 2. The molecule has 3 heterocycles. The first-order valence-corrected chi connectivity index (χ1v) is 17.9. The molecule has 0 bridgehead atoms. The Kier molecular flexibility index (Phi) is 14.7. The number of carbonyl (C=O) groups is 2. The monoisotopic (exact) mass is 650 g/mol. The molecule has 1 saturated heterocycles. The Morgan fingerprint density at radius 1 is 0.958 bits per heavy atom. The molecule has 2 aromatic rings. The SMILES string of the molecule is CC.CC#CN1C=CC(CNc2cccc3c2OC(C(=O)N(CC(=O)N2CCCC2)C2CCCCC2)CC3)=C/C1=C/C.c1ccccc1. The maximum atomic E-state index is 14.0. The molecule has 0 spiro atoms. The first kappa shape index (κ1) is 36.4. The molecule has 6 rings (SSSR count). The van der Waals surface area contributed by atoms with Crippen LogP contribution >= 0.6 is 0 Å². The molecule has 1 unspecified atom stereocenters. The van der Waals surface area contributed by atoms with Gasteiger partial charge in [0.05, 0.1) is 5.69 Å². The highest BCUT2D eigenvalue weighted by Gasteiger charge is 2.36. The summed E-state index contributed by atoms with van der Waals surface area (Å²) in [5.74, 6) is 3.74. The van der Waals surface area contributed by atoms with Gasteiger partial charge < -0.3 is 19.9 Å². The van der Waals surface area contributed by atoms with Crippen LogP contribution in [0.1, 0.15) is 84.6 Å². The van der Waals surface area contributed by atoms with E-state index in [4.69, 9.17) is 4.74 Å². The maximum Gasteiger partial charge on any atom is 0.264 e. The molecule has 7 heteroatoms. The van der Waals surface area contributed by atoms with Crippen LogP contribution in [-0.2, 0) is 16.0 Å². The van der Waals surface area contributed by atoms with Crippen molar-refractivity contribution in [1.82, 2.24) is 14.7 Å². The Hall–Kier alpha value is -4.44. The van der Waals surface area contributed by atoms with Gasteiger partial charge in [0.25, 0.3) is 5.91 Å². The van der Waals surface area contributed by atoms with Crippen molar-refractivity contribution in [3.63, 3.8) is 0 Å². The van der Waals surface area contributed by atoms with E-state index in [-0.39, 0.29) is 24.4 Å². The van der Waals surface area contributed by atoms with Crippen LogP contribution in [0.3, 0.4) is 0 Å².